The van der Waals surface area contributed by atoms with Gasteiger partial charge < -0.3 is 14.4 Å². The average molecular weight is 528 g/mol. The van der Waals surface area contributed by atoms with Crippen LogP contribution in [0.4, 0.5) is 5.69 Å². The van der Waals surface area contributed by atoms with Gasteiger partial charge in [-0.05, 0) is 60.5 Å². The van der Waals surface area contributed by atoms with Crippen molar-refractivity contribution in [3.8, 4) is 11.5 Å². The molecule has 8 nitrogen and oxygen atoms in total. The van der Waals surface area contributed by atoms with Crippen LogP contribution in [-0.4, -0.2) is 57.1 Å². The van der Waals surface area contributed by atoms with Crippen molar-refractivity contribution in [3.05, 3.63) is 82.4 Å². The molecule has 0 unspecified atom stereocenters. The van der Waals surface area contributed by atoms with Crippen molar-refractivity contribution in [2.75, 3.05) is 37.7 Å². The van der Waals surface area contributed by atoms with Crippen LogP contribution in [0.15, 0.2) is 65.6 Å². The van der Waals surface area contributed by atoms with Crippen LogP contribution in [0.3, 0.4) is 0 Å². The lowest BCUT2D eigenvalue weighted by Gasteiger charge is -2.35. The maximum absolute atomic E-state index is 13.2. The molecule has 2 aliphatic rings. The zero-order valence-corrected chi connectivity index (χ0v) is 21.3. The van der Waals surface area contributed by atoms with Crippen molar-refractivity contribution in [1.29, 1.82) is 0 Å². The smallest absolute Gasteiger partial charge is 0.263 e. The second-order valence-corrected chi connectivity index (χ2v) is 10.9. The predicted molar refractivity (Wildman–Crippen MR) is 137 cm³/mol. The Balaban J connectivity index is 1.24. The summed E-state index contributed by atoms with van der Waals surface area (Å²) in [5, 5.41) is 0.0558. The van der Waals surface area contributed by atoms with Crippen LogP contribution >= 0.6 is 11.6 Å². The maximum Gasteiger partial charge on any atom is 0.263 e. The van der Waals surface area contributed by atoms with Crippen molar-refractivity contribution < 1.29 is 22.7 Å². The second-order valence-electron chi connectivity index (χ2n) is 8.88. The molecule has 0 radical (unpaired) electrons. The number of carbonyl (C=O) groups is 1. The molecule has 3 aromatic rings. The third-order valence-electron chi connectivity index (χ3n) is 6.24. The predicted octanol–water partition coefficient (Wildman–Crippen LogP) is 4.14. The Morgan fingerprint density at radius 1 is 0.972 bits per heavy atom. The number of anilines is 1. The topological polar surface area (TPSA) is 88.2 Å². The molecule has 0 aromatic heterocycles. The number of sulfonamides is 1. The van der Waals surface area contributed by atoms with E-state index < -0.39 is 10.0 Å². The van der Waals surface area contributed by atoms with Crippen molar-refractivity contribution in [2.45, 2.75) is 18.4 Å². The number of rotatable bonds is 6. The monoisotopic (exact) mass is 527 g/mol. The van der Waals surface area contributed by atoms with Gasteiger partial charge in [-0.25, -0.2) is 8.42 Å². The highest BCUT2D eigenvalue weighted by molar-refractivity contribution is 7.92. The third-order valence-corrected chi connectivity index (χ3v) is 8.10. The highest BCUT2D eigenvalue weighted by Crippen LogP contribution is 2.33. The van der Waals surface area contributed by atoms with Gasteiger partial charge in [0.05, 0.1) is 5.02 Å². The number of piperazine rings is 1. The lowest BCUT2D eigenvalue weighted by molar-refractivity contribution is 0.0628. The molecule has 2 aliphatic heterocycles. The summed E-state index contributed by atoms with van der Waals surface area (Å²) in [7, 11) is -3.98. The summed E-state index contributed by atoms with van der Waals surface area (Å²) < 4.78 is 39.4. The van der Waals surface area contributed by atoms with Crippen molar-refractivity contribution >= 4 is 33.2 Å². The van der Waals surface area contributed by atoms with Gasteiger partial charge in [0.2, 0.25) is 6.79 Å². The zero-order valence-electron chi connectivity index (χ0n) is 19.7. The minimum atomic E-state index is -3.98. The largest absolute Gasteiger partial charge is 0.454 e. The molecule has 5 rings (SSSR count). The van der Waals surface area contributed by atoms with Gasteiger partial charge in [-0.15, -0.1) is 0 Å². The minimum Gasteiger partial charge on any atom is -0.454 e. The van der Waals surface area contributed by atoms with Crippen LogP contribution < -0.4 is 14.2 Å². The van der Waals surface area contributed by atoms with E-state index in [2.05, 4.69) is 9.62 Å². The number of carbonyl (C=O) groups excluding carboxylic acids is 1. The van der Waals surface area contributed by atoms with Crippen molar-refractivity contribution in [2.24, 2.45) is 0 Å². The van der Waals surface area contributed by atoms with Crippen LogP contribution in [0.2, 0.25) is 5.02 Å². The molecule has 2 heterocycles. The molecule has 10 heteroatoms. The Kier molecular flexibility index (Phi) is 6.79. The van der Waals surface area contributed by atoms with Crippen molar-refractivity contribution in [1.82, 2.24) is 9.80 Å². The number of nitrogens with one attached hydrogen (secondary N) is 1. The molecular weight excluding hydrogens is 502 g/mol. The van der Waals surface area contributed by atoms with Gasteiger partial charge in [0.25, 0.3) is 15.9 Å². The van der Waals surface area contributed by atoms with E-state index in [1.54, 1.807) is 29.2 Å². The van der Waals surface area contributed by atoms with E-state index in [1.807, 2.05) is 31.2 Å². The standard InChI is InChI=1S/C26H26ClN3O5S/c1-18-3-2-4-21(13-18)28-36(32,33)25-15-20(6-7-22(25)27)26(31)30-11-9-29(10-12-30)16-19-5-8-23-24(14-19)35-17-34-23/h2-8,13-15,28H,9-12,16-17H2,1H3. The summed E-state index contributed by atoms with van der Waals surface area (Å²) in [5.41, 5.74) is 2.75. The lowest BCUT2D eigenvalue weighted by Crippen LogP contribution is -2.48. The number of fused-ring (bicyclic) bond motifs is 1. The van der Waals surface area contributed by atoms with Gasteiger partial charge in [-0.1, -0.05) is 29.8 Å². The summed E-state index contributed by atoms with van der Waals surface area (Å²) >= 11 is 6.23. The Labute approximate surface area is 215 Å². The number of aryl methyl sites for hydroxylation is 1. The van der Waals surface area contributed by atoms with Crippen LogP contribution in [0.1, 0.15) is 21.5 Å². The molecule has 0 spiro atoms. The quantitative estimate of drug-likeness (QED) is 0.518. The van der Waals surface area contributed by atoms with E-state index in [9.17, 15) is 13.2 Å². The lowest BCUT2D eigenvalue weighted by atomic mass is 10.1. The van der Waals surface area contributed by atoms with Gasteiger partial charge in [-0.3, -0.25) is 14.4 Å². The molecule has 0 saturated carbocycles. The highest BCUT2D eigenvalue weighted by atomic mass is 35.5. The third kappa shape index (κ3) is 5.28. The second kappa shape index (κ2) is 10.0. The Morgan fingerprint density at radius 2 is 1.75 bits per heavy atom. The summed E-state index contributed by atoms with van der Waals surface area (Å²) in [4.78, 5) is 17.1. The van der Waals surface area contributed by atoms with Gasteiger partial charge in [0.15, 0.2) is 11.5 Å². The molecule has 1 saturated heterocycles. The normalized spacial score (nSPS) is 15.7. The van der Waals surface area contributed by atoms with Crippen LogP contribution in [0, 0.1) is 6.92 Å². The van der Waals surface area contributed by atoms with Gasteiger partial charge in [-0.2, -0.15) is 0 Å². The minimum absolute atomic E-state index is 0.0558. The first-order chi connectivity index (χ1) is 17.3. The maximum atomic E-state index is 13.2. The SMILES string of the molecule is Cc1cccc(NS(=O)(=O)c2cc(C(=O)N3CCN(Cc4ccc5c(c4)OCO5)CC3)ccc2Cl)c1. The fourth-order valence-electron chi connectivity index (χ4n) is 4.35. The highest BCUT2D eigenvalue weighted by Gasteiger charge is 2.26. The Hall–Kier alpha value is -3.27. The number of halogens is 1. The summed E-state index contributed by atoms with van der Waals surface area (Å²) in [6, 6.07) is 17.3. The fourth-order valence-corrected chi connectivity index (χ4v) is 5.93. The van der Waals surface area contributed by atoms with Gasteiger partial charge in [0.1, 0.15) is 4.90 Å². The number of ether oxygens (including phenoxy) is 2. The molecule has 0 atom stereocenters. The van der Waals surface area contributed by atoms with Crippen LogP contribution in [0.25, 0.3) is 0 Å². The molecule has 1 N–H and O–H groups in total. The molecule has 0 bridgehead atoms. The fraction of sp³-hybridized carbons (Fsp3) is 0.269. The number of amides is 1. The average Bonchev–Trinajstić information content (AvgIpc) is 3.32. The molecule has 36 heavy (non-hydrogen) atoms. The van der Waals surface area contributed by atoms with E-state index in [-0.39, 0.29) is 28.2 Å². The Morgan fingerprint density at radius 3 is 2.53 bits per heavy atom. The molecule has 3 aromatic carbocycles. The first kappa shape index (κ1) is 24.4. The van der Waals surface area contributed by atoms with E-state index in [1.165, 1.54) is 12.1 Å². The number of benzene rings is 3. The number of nitrogens with zero attached hydrogens (tertiary/aromatic N) is 2. The summed E-state index contributed by atoms with van der Waals surface area (Å²) in [6.45, 7) is 5.34. The molecule has 188 valence electrons. The zero-order chi connectivity index (χ0) is 25.3. The number of hydrogen-bond donors (Lipinski definition) is 1. The van der Waals surface area contributed by atoms with E-state index in [0.29, 0.717) is 31.9 Å². The first-order valence-corrected chi connectivity index (χ1v) is 13.4. The van der Waals surface area contributed by atoms with E-state index in [0.717, 1.165) is 29.2 Å². The van der Waals surface area contributed by atoms with Crippen LogP contribution in [-0.2, 0) is 16.6 Å². The molecular formula is C26H26ClN3O5S. The van der Waals surface area contributed by atoms with E-state index in [4.69, 9.17) is 21.1 Å². The van der Waals surface area contributed by atoms with Crippen LogP contribution in [0.5, 0.6) is 11.5 Å². The summed E-state index contributed by atoms with van der Waals surface area (Å²) in [6.07, 6.45) is 0. The Bertz CT molecular complexity index is 1400. The molecule has 1 fully saturated rings. The van der Waals surface area contributed by atoms with Gasteiger partial charge >= 0.3 is 0 Å². The van der Waals surface area contributed by atoms with E-state index >= 15 is 0 Å². The van der Waals surface area contributed by atoms with Gasteiger partial charge in [0, 0.05) is 44.0 Å². The first-order valence-electron chi connectivity index (χ1n) is 11.6. The molecule has 0 aliphatic carbocycles. The van der Waals surface area contributed by atoms with Crippen molar-refractivity contribution in [3.63, 3.8) is 0 Å². The summed E-state index contributed by atoms with van der Waals surface area (Å²) in [5.74, 6) is 1.29. The molecule has 1 amide bonds. The number of hydrogen-bond acceptors (Lipinski definition) is 6.